The molecule has 0 aliphatic carbocycles. The lowest BCUT2D eigenvalue weighted by Crippen LogP contribution is -2.16. The zero-order chi connectivity index (χ0) is 26.2. The largest absolute Gasteiger partial charge is 0.504 e. The van der Waals surface area contributed by atoms with Gasteiger partial charge in [-0.15, -0.1) is 0 Å². The van der Waals surface area contributed by atoms with E-state index in [1.807, 2.05) is 0 Å². The molecule has 186 valence electrons. The fraction of sp³-hybridized carbons (Fsp3) is 0.0870. The molecule has 0 saturated carbocycles. The van der Waals surface area contributed by atoms with E-state index in [2.05, 4.69) is 15.0 Å². The molecule has 0 unspecified atom stereocenters. The number of para-hydroxylation sites is 1. The van der Waals surface area contributed by atoms with Gasteiger partial charge in [0, 0.05) is 28.5 Å². The van der Waals surface area contributed by atoms with Crippen molar-refractivity contribution in [2.45, 2.75) is 11.9 Å². The van der Waals surface area contributed by atoms with Gasteiger partial charge in [0.2, 0.25) is 5.13 Å². The standard InChI is InChI=1S/C23H17F3N4O4S2/c1-11-18(22-30-19(21(26)35-22)12-6-7-14(24)15(25)8-12)16(10-29-23(11)36(27,32)33)28-9-13-4-3-5-17(34-2)20(13)31/h3-10,31H,1-2H3,(H2,27,32,33). The first-order chi connectivity index (χ1) is 17.0. The molecule has 0 spiro atoms. The fourth-order valence-corrected chi connectivity index (χ4v) is 5.07. The van der Waals surface area contributed by atoms with Crippen molar-refractivity contribution in [3.63, 3.8) is 0 Å². The van der Waals surface area contributed by atoms with E-state index in [9.17, 15) is 26.7 Å². The minimum absolute atomic E-state index is 0.000882. The lowest BCUT2D eigenvalue weighted by molar-refractivity contribution is 0.373. The van der Waals surface area contributed by atoms with E-state index < -0.39 is 31.8 Å². The van der Waals surface area contributed by atoms with Crippen LogP contribution in [0.15, 0.2) is 52.6 Å². The smallest absolute Gasteiger partial charge is 0.255 e. The van der Waals surface area contributed by atoms with E-state index >= 15 is 0 Å². The lowest BCUT2D eigenvalue weighted by Gasteiger charge is -2.10. The van der Waals surface area contributed by atoms with Crippen molar-refractivity contribution in [2.75, 3.05) is 7.11 Å². The number of primary sulfonamides is 1. The van der Waals surface area contributed by atoms with Gasteiger partial charge in [-0.2, -0.15) is 4.39 Å². The summed E-state index contributed by atoms with van der Waals surface area (Å²) in [6, 6.07) is 7.54. The average Bonchev–Trinajstić information content (AvgIpc) is 3.20. The topological polar surface area (TPSA) is 128 Å². The number of phenolic OH excluding ortho intramolecular Hbond substituents is 1. The number of aromatic nitrogens is 2. The van der Waals surface area contributed by atoms with Crippen LogP contribution in [-0.2, 0) is 10.0 Å². The summed E-state index contributed by atoms with van der Waals surface area (Å²) in [6.45, 7) is 1.40. The number of phenols is 1. The summed E-state index contributed by atoms with van der Waals surface area (Å²) in [6.07, 6.45) is 2.40. The van der Waals surface area contributed by atoms with Gasteiger partial charge < -0.3 is 9.84 Å². The molecular formula is C23H17F3N4O4S2. The van der Waals surface area contributed by atoms with Gasteiger partial charge >= 0.3 is 0 Å². The number of nitrogens with two attached hydrogens (primary N) is 1. The van der Waals surface area contributed by atoms with Gasteiger partial charge in [-0.1, -0.05) is 17.4 Å². The SMILES string of the molecule is COc1cccc(C=Nc2cnc(S(N)(=O)=O)c(C)c2-c2nc(-c3ccc(F)c(F)c3)c(F)s2)c1O. The number of methoxy groups -OCH3 is 1. The molecule has 8 nitrogen and oxygen atoms in total. The van der Waals surface area contributed by atoms with Crippen LogP contribution in [0.25, 0.3) is 21.8 Å². The molecule has 0 amide bonds. The molecule has 13 heteroatoms. The first-order valence-corrected chi connectivity index (χ1v) is 12.4. The summed E-state index contributed by atoms with van der Waals surface area (Å²) in [4.78, 5) is 12.4. The molecule has 0 radical (unpaired) electrons. The van der Waals surface area contributed by atoms with Gasteiger partial charge in [0.25, 0.3) is 10.0 Å². The number of hydrogen-bond donors (Lipinski definition) is 2. The molecule has 0 aliphatic rings. The highest BCUT2D eigenvalue weighted by molar-refractivity contribution is 7.89. The highest BCUT2D eigenvalue weighted by Crippen LogP contribution is 2.40. The third-order valence-corrected chi connectivity index (χ3v) is 6.92. The molecular weight excluding hydrogens is 517 g/mol. The number of hydrogen-bond acceptors (Lipinski definition) is 8. The maximum absolute atomic E-state index is 14.9. The van der Waals surface area contributed by atoms with Crippen LogP contribution in [0, 0.1) is 23.7 Å². The number of aliphatic imine (C=N–C) groups is 1. The van der Waals surface area contributed by atoms with Crippen molar-refractivity contribution in [3.05, 3.63) is 70.5 Å². The predicted molar refractivity (Wildman–Crippen MR) is 129 cm³/mol. The second-order valence-corrected chi connectivity index (χ2v) is 9.85. The molecule has 0 saturated heterocycles. The number of thiazole rings is 1. The molecule has 2 aromatic heterocycles. The monoisotopic (exact) mass is 534 g/mol. The van der Waals surface area contributed by atoms with E-state index in [1.54, 1.807) is 18.2 Å². The Morgan fingerprint density at radius 3 is 2.58 bits per heavy atom. The molecule has 4 aromatic rings. The van der Waals surface area contributed by atoms with Crippen LogP contribution in [0.4, 0.5) is 18.9 Å². The third-order valence-electron chi connectivity index (χ3n) is 5.11. The van der Waals surface area contributed by atoms with Gasteiger partial charge in [0.15, 0.2) is 28.2 Å². The quantitative estimate of drug-likeness (QED) is 0.345. The molecule has 0 atom stereocenters. The van der Waals surface area contributed by atoms with Crippen molar-refractivity contribution in [1.29, 1.82) is 0 Å². The molecule has 2 aromatic carbocycles. The van der Waals surface area contributed by atoms with E-state index in [0.29, 0.717) is 11.3 Å². The number of sulfonamides is 1. The fourth-order valence-electron chi connectivity index (χ4n) is 3.41. The number of aromatic hydroxyl groups is 1. The molecule has 0 fully saturated rings. The van der Waals surface area contributed by atoms with E-state index in [4.69, 9.17) is 9.88 Å². The van der Waals surface area contributed by atoms with Crippen LogP contribution in [-0.4, -0.2) is 36.8 Å². The van der Waals surface area contributed by atoms with Crippen LogP contribution in [0.5, 0.6) is 11.5 Å². The first-order valence-electron chi connectivity index (χ1n) is 10.1. The zero-order valence-electron chi connectivity index (χ0n) is 18.7. The Morgan fingerprint density at radius 1 is 1.17 bits per heavy atom. The predicted octanol–water partition coefficient (Wildman–Crippen LogP) is 4.71. The first kappa shape index (κ1) is 25.3. The van der Waals surface area contributed by atoms with Gasteiger partial charge in [-0.3, -0.25) is 4.99 Å². The molecule has 36 heavy (non-hydrogen) atoms. The van der Waals surface area contributed by atoms with Crippen molar-refractivity contribution in [2.24, 2.45) is 10.1 Å². The highest BCUT2D eigenvalue weighted by atomic mass is 32.2. The Kier molecular flexibility index (Phi) is 6.80. The minimum atomic E-state index is -4.26. The Hall–Kier alpha value is -3.81. The molecule has 0 bridgehead atoms. The summed E-state index contributed by atoms with van der Waals surface area (Å²) in [5.41, 5.74) is 0.244. The second kappa shape index (κ2) is 9.68. The summed E-state index contributed by atoms with van der Waals surface area (Å²) < 4.78 is 71.2. The molecule has 2 heterocycles. The molecule has 3 N–H and O–H groups in total. The summed E-state index contributed by atoms with van der Waals surface area (Å²) in [5, 5.41) is 14.3. The average molecular weight is 535 g/mol. The maximum atomic E-state index is 14.9. The van der Waals surface area contributed by atoms with Crippen molar-refractivity contribution in [1.82, 2.24) is 9.97 Å². The summed E-state index contributed by atoms with van der Waals surface area (Å²) >= 11 is 0.550. The van der Waals surface area contributed by atoms with E-state index in [1.165, 1.54) is 26.3 Å². The van der Waals surface area contributed by atoms with Crippen LogP contribution >= 0.6 is 11.3 Å². The highest BCUT2D eigenvalue weighted by Gasteiger charge is 2.24. The van der Waals surface area contributed by atoms with Crippen LogP contribution in [0.1, 0.15) is 11.1 Å². The number of ether oxygens (including phenoxy) is 1. The maximum Gasteiger partial charge on any atom is 0.255 e. The Morgan fingerprint density at radius 2 is 1.92 bits per heavy atom. The Bertz CT molecular complexity index is 1620. The number of halogens is 3. The van der Waals surface area contributed by atoms with Crippen LogP contribution in [0.2, 0.25) is 0 Å². The van der Waals surface area contributed by atoms with E-state index in [-0.39, 0.29) is 50.1 Å². The molecule has 0 aliphatic heterocycles. The third kappa shape index (κ3) is 4.80. The minimum Gasteiger partial charge on any atom is -0.504 e. The van der Waals surface area contributed by atoms with Crippen molar-refractivity contribution in [3.8, 4) is 33.3 Å². The van der Waals surface area contributed by atoms with Crippen LogP contribution in [0.3, 0.4) is 0 Å². The normalized spacial score (nSPS) is 11.8. The Labute approximate surface area is 207 Å². The zero-order valence-corrected chi connectivity index (χ0v) is 20.3. The Balaban J connectivity index is 1.90. The summed E-state index contributed by atoms with van der Waals surface area (Å²) in [5.74, 6) is -2.26. The number of benzene rings is 2. The van der Waals surface area contributed by atoms with Gasteiger partial charge in [-0.05, 0) is 37.3 Å². The van der Waals surface area contributed by atoms with Crippen LogP contribution < -0.4 is 9.88 Å². The summed E-state index contributed by atoms with van der Waals surface area (Å²) in [7, 11) is -2.87. The van der Waals surface area contributed by atoms with Crippen molar-refractivity contribution >= 4 is 33.3 Å². The van der Waals surface area contributed by atoms with Gasteiger partial charge in [0.05, 0.1) is 19.0 Å². The van der Waals surface area contributed by atoms with Crippen molar-refractivity contribution < 1.29 is 31.4 Å². The van der Waals surface area contributed by atoms with E-state index in [0.717, 1.165) is 18.3 Å². The number of pyridine rings is 1. The lowest BCUT2D eigenvalue weighted by atomic mass is 10.1. The number of rotatable bonds is 6. The number of nitrogens with zero attached hydrogens (tertiary/aromatic N) is 3. The second-order valence-electron chi connectivity index (χ2n) is 7.42. The van der Waals surface area contributed by atoms with Gasteiger partial charge in [-0.25, -0.2) is 32.3 Å². The molecule has 4 rings (SSSR count). The van der Waals surface area contributed by atoms with Gasteiger partial charge in [0.1, 0.15) is 10.7 Å².